The molecule has 2 heterocycles. The van der Waals surface area contributed by atoms with E-state index in [1.165, 1.54) is 12.6 Å². The van der Waals surface area contributed by atoms with Crippen LogP contribution in [-0.4, -0.2) is 74.3 Å². The molecule has 2 N–H and O–H groups in total. The number of carbonyl (C=O) groups is 3. The highest BCUT2D eigenvalue weighted by Gasteiger charge is 2.36. The van der Waals surface area contributed by atoms with Crippen molar-refractivity contribution in [3.63, 3.8) is 0 Å². The molecule has 174 valence electrons. The van der Waals surface area contributed by atoms with Crippen molar-refractivity contribution in [1.82, 2.24) is 10.2 Å². The Hall–Kier alpha value is -3.59. The van der Waals surface area contributed by atoms with Gasteiger partial charge in [0.05, 0.1) is 6.04 Å². The lowest BCUT2D eigenvalue weighted by Crippen LogP contribution is -2.52. The Labute approximate surface area is 192 Å². The fourth-order valence-electron chi connectivity index (χ4n) is 4.02. The molecule has 2 aromatic rings. The minimum atomic E-state index is -0.649. The molecule has 0 unspecified atom stereocenters. The molecule has 0 aromatic heterocycles. The number of rotatable bonds is 7. The molecule has 2 amide bonds. The average molecular weight is 453 g/mol. The third-order valence-corrected chi connectivity index (χ3v) is 5.88. The predicted octanol–water partition coefficient (Wildman–Crippen LogP) is 2.74. The van der Waals surface area contributed by atoms with Gasteiger partial charge in [-0.25, -0.2) is 9.59 Å². The van der Waals surface area contributed by atoms with Crippen LogP contribution < -0.4 is 15.5 Å². The van der Waals surface area contributed by atoms with Crippen LogP contribution in [0, 0.1) is 0 Å². The number of alkyl carbamates (subject to hydrolysis) is 1. The third-order valence-electron chi connectivity index (χ3n) is 5.88. The summed E-state index contributed by atoms with van der Waals surface area (Å²) in [4.78, 5) is 39.9. The second-order valence-electron chi connectivity index (χ2n) is 8.17. The zero-order valence-corrected chi connectivity index (χ0v) is 18.5. The van der Waals surface area contributed by atoms with E-state index in [0.29, 0.717) is 17.8 Å². The number of nitrogens with zero attached hydrogens (tertiary/aromatic N) is 2. The average Bonchev–Trinajstić information content (AvgIpc) is 3.18. The summed E-state index contributed by atoms with van der Waals surface area (Å²) in [7, 11) is 0. The van der Waals surface area contributed by atoms with Crippen molar-refractivity contribution in [2.75, 3.05) is 49.5 Å². The Morgan fingerprint density at radius 3 is 2.42 bits per heavy atom. The van der Waals surface area contributed by atoms with Gasteiger partial charge >= 0.3 is 12.2 Å². The van der Waals surface area contributed by atoms with Gasteiger partial charge in [0.1, 0.15) is 6.61 Å². The van der Waals surface area contributed by atoms with Crippen LogP contribution in [0.4, 0.5) is 21.0 Å². The van der Waals surface area contributed by atoms with Crippen LogP contribution in [0.25, 0.3) is 0 Å². The standard InChI is InChI=1S/C24H28N4O5/c1-17(29)18-7-9-19(10-8-18)25-23(30)32-16-22-21(26-24(31)33-22)15-27-11-13-28(14-12-27)20-5-3-2-4-6-20/h2-10,21-22H,11-16H2,1H3,(H,25,30)(H,26,31)/t21-,22-/m1/s1. The maximum atomic E-state index is 12.2. The van der Waals surface area contributed by atoms with Crippen LogP contribution in [0.5, 0.6) is 0 Å². The highest BCUT2D eigenvalue weighted by atomic mass is 16.6. The maximum Gasteiger partial charge on any atom is 0.411 e. The third kappa shape index (κ3) is 6.01. The lowest BCUT2D eigenvalue weighted by atomic mass is 10.1. The zero-order valence-electron chi connectivity index (χ0n) is 18.5. The monoisotopic (exact) mass is 452 g/mol. The lowest BCUT2D eigenvalue weighted by molar-refractivity contribution is 0.0618. The first-order valence-corrected chi connectivity index (χ1v) is 11.0. The van der Waals surface area contributed by atoms with Crippen molar-refractivity contribution >= 4 is 29.3 Å². The second-order valence-corrected chi connectivity index (χ2v) is 8.17. The van der Waals surface area contributed by atoms with Crippen LogP contribution in [0.3, 0.4) is 0 Å². The fraction of sp³-hybridized carbons (Fsp3) is 0.375. The molecule has 2 aromatic carbocycles. The summed E-state index contributed by atoms with van der Waals surface area (Å²) in [6.45, 7) is 5.58. The number of Topliss-reactive ketones (excluding diaryl/α,β-unsaturated/α-hetero) is 1. The van der Waals surface area contributed by atoms with Gasteiger partial charge in [-0.05, 0) is 43.3 Å². The number of benzene rings is 2. The van der Waals surface area contributed by atoms with Crippen molar-refractivity contribution in [2.24, 2.45) is 0 Å². The van der Waals surface area contributed by atoms with E-state index in [0.717, 1.165) is 26.2 Å². The summed E-state index contributed by atoms with van der Waals surface area (Å²) in [5.74, 6) is -0.0489. The largest absolute Gasteiger partial charge is 0.445 e. The number of hydrogen-bond donors (Lipinski definition) is 2. The van der Waals surface area contributed by atoms with Gasteiger partial charge in [-0.1, -0.05) is 18.2 Å². The van der Waals surface area contributed by atoms with Crippen LogP contribution in [0.2, 0.25) is 0 Å². The Morgan fingerprint density at radius 1 is 1.06 bits per heavy atom. The summed E-state index contributed by atoms with van der Waals surface area (Å²) >= 11 is 0. The molecule has 9 nitrogen and oxygen atoms in total. The highest BCUT2D eigenvalue weighted by molar-refractivity contribution is 5.94. The minimum absolute atomic E-state index is 0.0489. The molecule has 0 radical (unpaired) electrons. The predicted molar refractivity (Wildman–Crippen MR) is 124 cm³/mol. The van der Waals surface area contributed by atoms with Gasteiger partial charge in [0.15, 0.2) is 11.9 Å². The van der Waals surface area contributed by atoms with Gasteiger partial charge in [0.25, 0.3) is 0 Å². The van der Waals surface area contributed by atoms with E-state index in [1.807, 2.05) is 18.2 Å². The molecule has 2 saturated heterocycles. The molecule has 2 aliphatic rings. The van der Waals surface area contributed by atoms with E-state index in [-0.39, 0.29) is 18.4 Å². The molecule has 0 aliphatic carbocycles. The first kappa shape index (κ1) is 22.6. The van der Waals surface area contributed by atoms with E-state index >= 15 is 0 Å². The van der Waals surface area contributed by atoms with Gasteiger partial charge < -0.3 is 19.7 Å². The van der Waals surface area contributed by atoms with E-state index in [9.17, 15) is 14.4 Å². The van der Waals surface area contributed by atoms with Gasteiger partial charge in [-0.15, -0.1) is 0 Å². The molecule has 9 heteroatoms. The first-order valence-electron chi connectivity index (χ1n) is 11.0. The van der Waals surface area contributed by atoms with E-state index in [1.54, 1.807) is 24.3 Å². The number of ketones is 1. The van der Waals surface area contributed by atoms with Crippen molar-refractivity contribution in [3.8, 4) is 0 Å². The van der Waals surface area contributed by atoms with E-state index in [4.69, 9.17) is 9.47 Å². The van der Waals surface area contributed by atoms with Crippen LogP contribution >= 0.6 is 0 Å². The van der Waals surface area contributed by atoms with Crippen molar-refractivity contribution in [1.29, 1.82) is 0 Å². The second kappa shape index (κ2) is 10.4. The summed E-state index contributed by atoms with van der Waals surface area (Å²) in [5, 5.41) is 5.43. The number of carbonyl (C=O) groups excluding carboxylic acids is 3. The van der Waals surface area contributed by atoms with Crippen molar-refractivity contribution < 1.29 is 23.9 Å². The number of nitrogens with one attached hydrogen (secondary N) is 2. The fourth-order valence-corrected chi connectivity index (χ4v) is 4.02. The number of piperazine rings is 1. The number of cyclic esters (lactones) is 1. The van der Waals surface area contributed by atoms with Crippen LogP contribution in [-0.2, 0) is 9.47 Å². The molecule has 33 heavy (non-hydrogen) atoms. The van der Waals surface area contributed by atoms with Gasteiger partial charge in [-0.3, -0.25) is 15.0 Å². The quantitative estimate of drug-likeness (QED) is 0.623. The molecule has 0 spiro atoms. The molecular weight excluding hydrogens is 424 g/mol. The Kier molecular flexibility index (Phi) is 7.09. The molecule has 0 saturated carbocycles. The van der Waals surface area contributed by atoms with E-state index < -0.39 is 18.3 Å². The van der Waals surface area contributed by atoms with Crippen LogP contribution in [0.15, 0.2) is 54.6 Å². The summed E-state index contributed by atoms with van der Waals surface area (Å²) in [6, 6.07) is 16.6. The van der Waals surface area contributed by atoms with E-state index in [2.05, 4.69) is 32.6 Å². The first-order chi connectivity index (χ1) is 16.0. The summed E-state index contributed by atoms with van der Waals surface area (Å²) in [6.07, 6.45) is -1.71. The number of anilines is 2. The number of amides is 2. The Balaban J connectivity index is 1.23. The number of ether oxygens (including phenoxy) is 2. The minimum Gasteiger partial charge on any atom is -0.445 e. The normalized spacial score (nSPS) is 20.6. The highest BCUT2D eigenvalue weighted by Crippen LogP contribution is 2.18. The molecule has 2 fully saturated rings. The molecule has 2 atom stereocenters. The smallest absolute Gasteiger partial charge is 0.411 e. The van der Waals surface area contributed by atoms with Crippen LogP contribution in [0.1, 0.15) is 17.3 Å². The molecular formula is C24H28N4O5. The van der Waals surface area contributed by atoms with Gasteiger partial charge in [-0.2, -0.15) is 0 Å². The summed E-state index contributed by atoms with van der Waals surface area (Å²) in [5.41, 5.74) is 2.28. The van der Waals surface area contributed by atoms with Gasteiger partial charge in [0.2, 0.25) is 0 Å². The lowest BCUT2D eigenvalue weighted by Gasteiger charge is -2.37. The topological polar surface area (TPSA) is 100 Å². The Morgan fingerprint density at radius 2 is 1.76 bits per heavy atom. The number of hydrogen-bond acceptors (Lipinski definition) is 7. The molecule has 2 aliphatic heterocycles. The SMILES string of the molecule is CC(=O)c1ccc(NC(=O)OC[C@H]2OC(=O)N[C@@H]2CN2CCN(c3ccccc3)CC2)cc1. The number of para-hydroxylation sites is 1. The molecule has 0 bridgehead atoms. The Bertz CT molecular complexity index is 974. The van der Waals surface area contributed by atoms with Crippen molar-refractivity contribution in [2.45, 2.75) is 19.1 Å². The molecule has 4 rings (SSSR count). The van der Waals surface area contributed by atoms with Crippen molar-refractivity contribution in [3.05, 3.63) is 60.2 Å². The zero-order chi connectivity index (χ0) is 23.2. The maximum absolute atomic E-state index is 12.2. The van der Waals surface area contributed by atoms with Gasteiger partial charge in [0, 0.05) is 49.7 Å². The summed E-state index contributed by atoms with van der Waals surface area (Å²) < 4.78 is 10.6.